The predicted octanol–water partition coefficient (Wildman–Crippen LogP) is 16.8. The van der Waals surface area contributed by atoms with Crippen LogP contribution in [0.15, 0.2) is 0 Å². The second-order valence-electron chi connectivity index (χ2n) is 17.8. The highest BCUT2D eigenvalue weighted by Crippen LogP contribution is 2.17. The van der Waals surface area contributed by atoms with Gasteiger partial charge in [-0.15, -0.1) is 0 Å². The van der Waals surface area contributed by atoms with Gasteiger partial charge in [-0.1, -0.05) is 258 Å². The fourth-order valence-corrected chi connectivity index (χ4v) is 7.92. The van der Waals surface area contributed by atoms with Gasteiger partial charge in [-0.05, 0) is 19.3 Å². The van der Waals surface area contributed by atoms with Gasteiger partial charge in [0.15, 0.2) is 6.10 Å². The van der Waals surface area contributed by atoms with Gasteiger partial charge in [-0.2, -0.15) is 0 Å². The zero-order valence-electron chi connectivity index (χ0n) is 39.3. The molecule has 344 valence electrons. The highest BCUT2D eigenvalue weighted by Gasteiger charge is 2.19. The van der Waals surface area contributed by atoms with E-state index < -0.39 is 6.10 Å². The maximum absolute atomic E-state index is 12.7. The number of rotatable bonds is 48. The Kier molecular flexibility index (Phi) is 46.8. The van der Waals surface area contributed by atoms with Gasteiger partial charge in [-0.25, -0.2) is 0 Å². The molecule has 0 aliphatic heterocycles. The molecule has 6 heteroatoms. The number of carbonyl (C=O) groups excluding carboxylic acids is 3. The van der Waals surface area contributed by atoms with Crippen molar-refractivity contribution in [2.75, 3.05) is 13.2 Å². The van der Waals surface area contributed by atoms with Gasteiger partial charge in [0, 0.05) is 19.3 Å². The molecule has 0 aliphatic carbocycles. The van der Waals surface area contributed by atoms with Crippen molar-refractivity contribution < 1.29 is 28.6 Å². The summed E-state index contributed by atoms with van der Waals surface area (Å²) in [5.74, 6) is -0.843. The first-order chi connectivity index (χ1) is 28.5. The SMILES string of the molecule is CCCCCCCCCCCCCCCCCCCCC(=O)OC[C@@H](COC(=O)CCCCCCCCCCCC)OC(=O)CCCCCCCCCCCCCC. The summed E-state index contributed by atoms with van der Waals surface area (Å²) in [6.45, 7) is 6.67. The molecule has 0 N–H and O–H groups in total. The monoisotopic (exact) mass is 821 g/mol. The van der Waals surface area contributed by atoms with E-state index in [0.29, 0.717) is 19.3 Å². The molecule has 0 bridgehead atoms. The Morgan fingerprint density at radius 1 is 0.276 bits per heavy atom. The smallest absolute Gasteiger partial charge is 0.306 e. The predicted molar refractivity (Wildman–Crippen MR) is 247 cm³/mol. The largest absolute Gasteiger partial charge is 0.462 e. The number of esters is 3. The molecule has 0 saturated heterocycles. The summed E-state index contributed by atoms with van der Waals surface area (Å²) in [6.07, 6.45) is 50.9. The van der Waals surface area contributed by atoms with Crippen LogP contribution in [0.1, 0.15) is 297 Å². The molecule has 6 nitrogen and oxygen atoms in total. The van der Waals surface area contributed by atoms with Crippen LogP contribution in [0.5, 0.6) is 0 Å². The fraction of sp³-hybridized carbons (Fsp3) is 0.942. The first-order valence-corrected chi connectivity index (χ1v) is 26.0. The van der Waals surface area contributed by atoms with E-state index in [0.717, 1.165) is 57.8 Å². The van der Waals surface area contributed by atoms with Gasteiger partial charge in [0.2, 0.25) is 0 Å². The standard InChI is InChI=1S/C52H100O6/c1-4-7-10-13-16-19-22-24-25-26-27-28-29-31-33-36-39-42-45-51(54)57-48-49(47-56-50(53)44-41-38-35-32-21-18-15-12-9-6-3)58-52(55)46-43-40-37-34-30-23-20-17-14-11-8-5-2/h49H,4-48H2,1-3H3/t49-/m1/s1. The minimum atomic E-state index is -0.759. The summed E-state index contributed by atoms with van der Waals surface area (Å²) in [4.78, 5) is 37.9. The third-order valence-electron chi connectivity index (χ3n) is 11.9. The van der Waals surface area contributed by atoms with Crippen molar-refractivity contribution in [1.82, 2.24) is 0 Å². The van der Waals surface area contributed by atoms with E-state index in [-0.39, 0.29) is 31.1 Å². The van der Waals surface area contributed by atoms with Crippen molar-refractivity contribution in [3.8, 4) is 0 Å². The molecule has 0 heterocycles. The number of hydrogen-bond donors (Lipinski definition) is 0. The van der Waals surface area contributed by atoms with E-state index in [9.17, 15) is 14.4 Å². The van der Waals surface area contributed by atoms with Crippen molar-refractivity contribution in [2.45, 2.75) is 303 Å². The highest BCUT2D eigenvalue weighted by molar-refractivity contribution is 5.71. The quantitative estimate of drug-likeness (QED) is 0.0346. The lowest BCUT2D eigenvalue weighted by Gasteiger charge is -2.18. The number of hydrogen-bond acceptors (Lipinski definition) is 6. The molecule has 0 unspecified atom stereocenters. The summed E-state index contributed by atoms with van der Waals surface area (Å²) < 4.78 is 16.8. The summed E-state index contributed by atoms with van der Waals surface area (Å²) in [7, 11) is 0. The van der Waals surface area contributed by atoms with Crippen LogP contribution in [0.4, 0.5) is 0 Å². The van der Waals surface area contributed by atoms with Gasteiger partial charge < -0.3 is 14.2 Å². The lowest BCUT2D eigenvalue weighted by atomic mass is 10.0. The molecular formula is C52H100O6. The molecule has 0 radical (unpaired) electrons. The Bertz CT molecular complexity index is 859. The fourth-order valence-electron chi connectivity index (χ4n) is 7.92. The highest BCUT2D eigenvalue weighted by atomic mass is 16.6. The Hall–Kier alpha value is -1.59. The molecule has 1 atom stereocenters. The Morgan fingerprint density at radius 2 is 0.466 bits per heavy atom. The van der Waals surface area contributed by atoms with Crippen LogP contribution < -0.4 is 0 Å². The summed E-state index contributed by atoms with van der Waals surface area (Å²) in [6, 6.07) is 0. The molecule has 0 aromatic carbocycles. The molecule has 0 amide bonds. The van der Waals surface area contributed by atoms with Crippen molar-refractivity contribution >= 4 is 17.9 Å². The Labute approximate surface area is 361 Å². The van der Waals surface area contributed by atoms with E-state index in [4.69, 9.17) is 14.2 Å². The lowest BCUT2D eigenvalue weighted by molar-refractivity contribution is -0.167. The van der Waals surface area contributed by atoms with E-state index >= 15 is 0 Å². The minimum Gasteiger partial charge on any atom is -0.462 e. The molecule has 58 heavy (non-hydrogen) atoms. The van der Waals surface area contributed by atoms with E-state index in [1.807, 2.05) is 0 Å². The van der Waals surface area contributed by atoms with Crippen LogP contribution in [0.3, 0.4) is 0 Å². The molecule has 0 aromatic heterocycles. The van der Waals surface area contributed by atoms with Crippen LogP contribution in [0.25, 0.3) is 0 Å². The second kappa shape index (κ2) is 48.1. The van der Waals surface area contributed by atoms with Gasteiger partial charge in [0.05, 0.1) is 0 Å². The topological polar surface area (TPSA) is 78.9 Å². The molecule has 0 rings (SSSR count). The summed E-state index contributed by atoms with van der Waals surface area (Å²) in [5.41, 5.74) is 0. The number of carbonyl (C=O) groups is 3. The van der Waals surface area contributed by atoms with Gasteiger partial charge >= 0.3 is 17.9 Å². The van der Waals surface area contributed by atoms with E-state index in [1.165, 1.54) is 199 Å². The molecule has 0 spiro atoms. The zero-order chi connectivity index (χ0) is 42.3. The maximum atomic E-state index is 12.7. The first kappa shape index (κ1) is 56.4. The average Bonchev–Trinajstić information content (AvgIpc) is 3.22. The third kappa shape index (κ3) is 45.5. The molecule has 0 aliphatic rings. The van der Waals surface area contributed by atoms with Crippen LogP contribution in [0, 0.1) is 0 Å². The van der Waals surface area contributed by atoms with Crippen LogP contribution in [-0.2, 0) is 28.6 Å². The maximum Gasteiger partial charge on any atom is 0.306 e. The van der Waals surface area contributed by atoms with Crippen LogP contribution in [-0.4, -0.2) is 37.2 Å². The number of ether oxygens (including phenoxy) is 3. The van der Waals surface area contributed by atoms with Crippen LogP contribution in [0.2, 0.25) is 0 Å². The van der Waals surface area contributed by atoms with Gasteiger partial charge in [0.25, 0.3) is 0 Å². The molecular weight excluding hydrogens is 721 g/mol. The minimum absolute atomic E-state index is 0.0619. The summed E-state index contributed by atoms with van der Waals surface area (Å²) in [5, 5.41) is 0. The van der Waals surface area contributed by atoms with Crippen molar-refractivity contribution in [3.05, 3.63) is 0 Å². The average molecular weight is 821 g/mol. The first-order valence-electron chi connectivity index (χ1n) is 26.0. The second-order valence-corrected chi connectivity index (χ2v) is 17.8. The molecule has 0 aromatic rings. The van der Waals surface area contributed by atoms with Crippen molar-refractivity contribution in [1.29, 1.82) is 0 Å². The lowest BCUT2D eigenvalue weighted by Crippen LogP contribution is -2.30. The third-order valence-corrected chi connectivity index (χ3v) is 11.9. The summed E-state index contributed by atoms with van der Waals surface area (Å²) >= 11 is 0. The normalized spacial score (nSPS) is 11.8. The van der Waals surface area contributed by atoms with E-state index in [1.54, 1.807) is 0 Å². The van der Waals surface area contributed by atoms with Crippen molar-refractivity contribution in [2.24, 2.45) is 0 Å². The van der Waals surface area contributed by atoms with Crippen LogP contribution >= 0.6 is 0 Å². The number of unbranched alkanes of at least 4 members (excludes halogenated alkanes) is 37. The zero-order valence-corrected chi connectivity index (χ0v) is 39.3. The van der Waals surface area contributed by atoms with Crippen molar-refractivity contribution in [3.63, 3.8) is 0 Å². The Morgan fingerprint density at radius 3 is 0.690 bits per heavy atom. The van der Waals surface area contributed by atoms with Gasteiger partial charge in [-0.3, -0.25) is 14.4 Å². The molecule has 0 fully saturated rings. The Balaban J connectivity index is 4.23. The van der Waals surface area contributed by atoms with E-state index in [2.05, 4.69) is 20.8 Å². The molecule has 0 saturated carbocycles. The van der Waals surface area contributed by atoms with Gasteiger partial charge in [0.1, 0.15) is 13.2 Å².